The number of nitrogens with two attached hydrogens (primary N) is 1. The lowest BCUT2D eigenvalue weighted by Crippen LogP contribution is -2.49. The molecule has 0 aliphatic carbocycles. The Balaban J connectivity index is 2.25. The maximum absolute atomic E-state index is 6.37. The summed E-state index contributed by atoms with van der Waals surface area (Å²) in [6, 6.07) is 9.51. The summed E-state index contributed by atoms with van der Waals surface area (Å²) in [6.45, 7) is 9.08. The Labute approximate surface area is 105 Å². The first kappa shape index (κ1) is 12.6. The Morgan fingerprint density at radius 2 is 1.82 bits per heavy atom. The van der Waals surface area contributed by atoms with E-state index in [-0.39, 0.29) is 5.60 Å². The molecule has 1 aromatic carbocycles. The van der Waals surface area contributed by atoms with Gasteiger partial charge in [0.05, 0.1) is 5.60 Å². The highest BCUT2D eigenvalue weighted by Gasteiger charge is 2.42. The summed E-state index contributed by atoms with van der Waals surface area (Å²) in [5, 5.41) is 0. The van der Waals surface area contributed by atoms with Crippen LogP contribution in [0.15, 0.2) is 24.3 Å². The van der Waals surface area contributed by atoms with E-state index in [0.29, 0.717) is 5.92 Å². The Kier molecular flexibility index (Phi) is 3.08. The van der Waals surface area contributed by atoms with Crippen LogP contribution >= 0.6 is 0 Å². The second-order valence-corrected chi connectivity index (χ2v) is 10.4. The van der Waals surface area contributed by atoms with Crippen molar-refractivity contribution < 1.29 is 4.43 Å². The van der Waals surface area contributed by atoms with Gasteiger partial charge in [-0.1, -0.05) is 12.1 Å². The maximum Gasteiger partial charge on any atom is 0.187 e. The quantitative estimate of drug-likeness (QED) is 0.607. The highest BCUT2D eigenvalue weighted by atomic mass is 28.4. The number of anilines is 1. The summed E-state index contributed by atoms with van der Waals surface area (Å²) in [5.74, 6) is 0.489. The number of hydrogen-bond donors (Lipinski definition) is 1. The smallest absolute Gasteiger partial charge is 0.187 e. The largest absolute Gasteiger partial charge is 0.412 e. The molecule has 1 atom stereocenters. The molecule has 1 aliphatic heterocycles. The van der Waals surface area contributed by atoms with Crippen LogP contribution in [0.2, 0.25) is 19.1 Å². The number of rotatable bonds is 1. The van der Waals surface area contributed by atoms with Crippen molar-refractivity contribution in [2.24, 2.45) is 0 Å². The van der Waals surface area contributed by atoms with Crippen LogP contribution in [0.5, 0.6) is 0 Å². The van der Waals surface area contributed by atoms with E-state index < -0.39 is 8.32 Å². The first-order valence-electron chi connectivity index (χ1n) is 6.36. The van der Waals surface area contributed by atoms with E-state index in [1.807, 2.05) is 12.1 Å². The molecule has 2 N–H and O–H groups in total. The molecule has 94 valence electrons. The van der Waals surface area contributed by atoms with Crippen molar-refractivity contribution in [2.45, 2.75) is 50.9 Å². The molecule has 1 fully saturated rings. The van der Waals surface area contributed by atoms with Gasteiger partial charge < -0.3 is 10.2 Å². The van der Waals surface area contributed by atoms with Crippen molar-refractivity contribution in [3.63, 3.8) is 0 Å². The fourth-order valence-corrected chi connectivity index (χ4v) is 5.62. The van der Waals surface area contributed by atoms with Gasteiger partial charge in [0.25, 0.3) is 0 Å². The molecule has 1 heterocycles. The van der Waals surface area contributed by atoms with Crippen molar-refractivity contribution in [1.29, 1.82) is 0 Å². The predicted molar refractivity (Wildman–Crippen MR) is 75.7 cm³/mol. The monoisotopic (exact) mass is 249 g/mol. The molecule has 0 aromatic heterocycles. The molecular formula is C14H23NOSi. The lowest BCUT2D eigenvalue weighted by atomic mass is 9.82. The zero-order chi connectivity index (χ0) is 12.7. The van der Waals surface area contributed by atoms with E-state index in [1.165, 1.54) is 18.0 Å². The molecule has 17 heavy (non-hydrogen) atoms. The van der Waals surface area contributed by atoms with E-state index in [2.05, 4.69) is 39.1 Å². The molecule has 1 aromatic rings. The van der Waals surface area contributed by atoms with Gasteiger partial charge in [-0.3, -0.25) is 0 Å². The van der Waals surface area contributed by atoms with Gasteiger partial charge in [-0.25, -0.2) is 0 Å². The average molecular weight is 249 g/mol. The molecule has 1 saturated heterocycles. The summed E-state index contributed by atoms with van der Waals surface area (Å²) in [5.41, 5.74) is 7.88. The molecule has 0 saturated carbocycles. The Hall–Kier alpha value is -0.803. The first-order chi connectivity index (χ1) is 7.80. The van der Waals surface area contributed by atoms with Gasteiger partial charge in [0.15, 0.2) is 8.32 Å². The van der Waals surface area contributed by atoms with E-state index >= 15 is 0 Å². The fraction of sp³-hybridized carbons (Fsp3) is 0.571. The normalized spacial score (nSPS) is 26.7. The predicted octanol–water partition coefficient (Wildman–Crippen LogP) is 3.76. The van der Waals surface area contributed by atoms with Gasteiger partial charge in [-0.15, -0.1) is 0 Å². The summed E-state index contributed by atoms with van der Waals surface area (Å²) < 4.78 is 6.37. The van der Waals surface area contributed by atoms with Crippen molar-refractivity contribution in [2.75, 3.05) is 5.73 Å². The molecule has 0 spiro atoms. The molecular weight excluding hydrogens is 226 g/mol. The summed E-state index contributed by atoms with van der Waals surface area (Å²) in [4.78, 5) is 0. The summed E-state index contributed by atoms with van der Waals surface area (Å²) >= 11 is 0. The SMILES string of the molecule is CC1(C)O[Si](C)(C)CCC1c1ccc(N)cc1. The Morgan fingerprint density at radius 3 is 2.35 bits per heavy atom. The summed E-state index contributed by atoms with van der Waals surface area (Å²) in [6.07, 6.45) is 1.23. The molecule has 0 amide bonds. The minimum Gasteiger partial charge on any atom is -0.412 e. The van der Waals surface area contributed by atoms with Crippen LogP contribution < -0.4 is 5.73 Å². The third-order valence-electron chi connectivity index (χ3n) is 3.75. The molecule has 3 heteroatoms. The number of nitrogen functional groups attached to an aromatic ring is 1. The van der Waals surface area contributed by atoms with Crippen LogP contribution in [0.25, 0.3) is 0 Å². The molecule has 2 rings (SSSR count). The van der Waals surface area contributed by atoms with Gasteiger partial charge in [-0.05, 0) is 57.1 Å². The van der Waals surface area contributed by atoms with E-state index in [1.54, 1.807) is 0 Å². The Morgan fingerprint density at radius 1 is 1.24 bits per heavy atom. The van der Waals surface area contributed by atoms with Crippen LogP contribution in [0, 0.1) is 0 Å². The van der Waals surface area contributed by atoms with Crippen LogP contribution in [0.1, 0.15) is 31.7 Å². The topological polar surface area (TPSA) is 35.2 Å². The fourth-order valence-electron chi connectivity index (χ4n) is 2.97. The van der Waals surface area contributed by atoms with Crippen molar-refractivity contribution in [3.8, 4) is 0 Å². The van der Waals surface area contributed by atoms with Crippen molar-refractivity contribution in [1.82, 2.24) is 0 Å². The van der Waals surface area contributed by atoms with Gasteiger partial charge >= 0.3 is 0 Å². The van der Waals surface area contributed by atoms with Gasteiger partial charge in [0, 0.05) is 11.6 Å². The minimum absolute atomic E-state index is 0.0515. The molecule has 0 bridgehead atoms. The Bertz CT molecular complexity index is 397. The second-order valence-electron chi connectivity index (χ2n) is 6.22. The van der Waals surface area contributed by atoms with E-state index in [0.717, 1.165) is 5.69 Å². The second kappa shape index (κ2) is 4.14. The van der Waals surface area contributed by atoms with Gasteiger partial charge in [0.1, 0.15) is 0 Å². The third kappa shape index (κ3) is 2.72. The highest BCUT2D eigenvalue weighted by molar-refractivity contribution is 6.71. The molecule has 1 unspecified atom stereocenters. The van der Waals surface area contributed by atoms with E-state index in [9.17, 15) is 0 Å². The van der Waals surface area contributed by atoms with Crippen molar-refractivity contribution >= 4 is 14.0 Å². The number of benzene rings is 1. The van der Waals surface area contributed by atoms with Crippen LogP contribution in [0.4, 0.5) is 5.69 Å². The maximum atomic E-state index is 6.37. The lowest BCUT2D eigenvalue weighted by molar-refractivity contribution is 0.0490. The van der Waals surface area contributed by atoms with Crippen LogP contribution in [-0.2, 0) is 4.43 Å². The van der Waals surface area contributed by atoms with Crippen LogP contribution in [0.3, 0.4) is 0 Å². The average Bonchev–Trinajstić information content (AvgIpc) is 2.17. The molecule has 1 aliphatic rings. The molecule has 0 radical (unpaired) electrons. The lowest BCUT2D eigenvalue weighted by Gasteiger charge is -2.46. The zero-order valence-electron chi connectivity index (χ0n) is 11.3. The van der Waals surface area contributed by atoms with Crippen LogP contribution in [-0.4, -0.2) is 13.9 Å². The van der Waals surface area contributed by atoms with Gasteiger partial charge in [-0.2, -0.15) is 0 Å². The summed E-state index contributed by atoms with van der Waals surface area (Å²) in [7, 11) is -1.44. The van der Waals surface area contributed by atoms with E-state index in [4.69, 9.17) is 10.2 Å². The standard InChI is InChI=1S/C14H23NOSi/c1-14(2)13(9-10-17(3,4)16-14)11-5-7-12(15)8-6-11/h5-8,13H,9-10,15H2,1-4H3. The van der Waals surface area contributed by atoms with Crippen molar-refractivity contribution in [3.05, 3.63) is 29.8 Å². The molecule has 2 nitrogen and oxygen atoms in total. The highest BCUT2D eigenvalue weighted by Crippen LogP contribution is 2.43. The third-order valence-corrected chi connectivity index (χ3v) is 6.32. The minimum atomic E-state index is -1.44. The number of hydrogen-bond acceptors (Lipinski definition) is 2. The zero-order valence-corrected chi connectivity index (χ0v) is 12.3. The first-order valence-corrected chi connectivity index (χ1v) is 9.47. The van der Waals surface area contributed by atoms with Gasteiger partial charge in [0.2, 0.25) is 0 Å².